The topological polar surface area (TPSA) is 27.7 Å². The molecule has 0 amide bonds. The van der Waals surface area contributed by atoms with Gasteiger partial charge >= 0.3 is 0 Å². The van der Waals surface area contributed by atoms with Crippen LogP contribution in [-0.4, -0.2) is 29.8 Å². The van der Waals surface area contributed by atoms with Crippen LogP contribution in [0.15, 0.2) is 12.1 Å². The standard InChI is InChI=1S/C25H42O3Si2/c1-25-14-13-18-19(21(25)11-12-24(25)28-30(6,7)8)10-9-17-15-23(27-29(3,4)5)22(26-2)16-20(17)18/h15-16,18-19,21,24H,9-14H2,1-8H3/t18-,19?,21-,24-,25-/m0/s1. The van der Waals surface area contributed by atoms with Crippen molar-refractivity contribution in [3.63, 3.8) is 0 Å². The minimum Gasteiger partial charge on any atom is -0.542 e. The highest BCUT2D eigenvalue weighted by Crippen LogP contribution is 2.62. The molecule has 2 saturated carbocycles. The van der Waals surface area contributed by atoms with Crippen LogP contribution >= 0.6 is 0 Å². The number of fused-ring (bicyclic) bond motifs is 5. The summed E-state index contributed by atoms with van der Waals surface area (Å²) < 4.78 is 18.9. The van der Waals surface area contributed by atoms with E-state index in [2.05, 4.69) is 58.3 Å². The zero-order valence-corrected chi connectivity index (χ0v) is 22.4. The highest BCUT2D eigenvalue weighted by Gasteiger charge is 2.55. The third kappa shape index (κ3) is 4.14. The van der Waals surface area contributed by atoms with E-state index >= 15 is 0 Å². The molecule has 0 bridgehead atoms. The first kappa shape index (κ1) is 22.4. The summed E-state index contributed by atoms with van der Waals surface area (Å²) in [5, 5.41) is 0. The second-order valence-corrected chi connectivity index (χ2v) is 21.1. The highest BCUT2D eigenvalue weighted by atomic mass is 28.4. The molecular weight excluding hydrogens is 404 g/mol. The van der Waals surface area contributed by atoms with E-state index in [0.29, 0.717) is 17.4 Å². The van der Waals surface area contributed by atoms with Crippen molar-refractivity contribution < 1.29 is 13.6 Å². The molecule has 5 atom stereocenters. The van der Waals surface area contributed by atoms with Gasteiger partial charge in [0.1, 0.15) is 5.75 Å². The van der Waals surface area contributed by atoms with Crippen LogP contribution < -0.4 is 9.16 Å². The molecule has 0 radical (unpaired) electrons. The van der Waals surface area contributed by atoms with E-state index in [-0.39, 0.29) is 0 Å². The number of methoxy groups -OCH3 is 1. The summed E-state index contributed by atoms with van der Waals surface area (Å²) in [5.74, 6) is 4.15. The summed E-state index contributed by atoms with van der Waals surface area (Å²) >= 11 is 0. The van der Waals surface area contributed by atoms with Crippen LogP contribution in [0.5, 0.6) is 11.5 Å². The SMILES string of the molecule is COc1cc2c(cc1O[Si](C)(C)C)CCC1[C@@H]2CC[C@]2(C)[C@@H](O[Si](C)(C)C)CC[C@@H]12. The molecule has 4 rings (SSSR count). The Morgan fingerprint density at radius 1 is 0.900 bits per heavy atom. The summed E-state index contributed by atoms with van der Waals surface area (Å²) in [6, 6.07) is 4.64. The molecule has 0 N–H and O–H groups in total. The lowest BCUT2D eigenvalue weighted by Crippen LogP contribution is -2.47. The molecule has 3 nitrogen and oxygen atoms in total. The van der Waals surface area contributed by atoms with Gasteiger partial charge in [-0.3, -0.25) is 0 Å². The molecule has 3 aliphatic carbocycles. The van der Waals surface area contributed by atoms with Crippen molar-refractivity contribution in [3.05, 3.63) is 23.3 Å². The first-order chi connectivity index (χ1) is 13.9. The van der Waals surface area contributed by atoms with E-state index < -0.39 is 16.6 Å². The maximum atomic E-state index is 6.73. The summed E-state index contributed by atoms with van der Waals surface area (Å²) in [5.41, 5.74) is 3.41. The van der Waals surface area contributed by atoms with Gasteiger partial charge in [0.2, 0.25) is 8.32 Å². The third-order valence-electron chi connectivity index (χ3n) is 7.83. The highest BCUT2D eigenvalue weighted by molar-refractivity contribution is 6.70. The molecule has 30 heavy (non-hydrogen) atoms. The normalized spacial score (nSPS) is 33.5. The monoisotopic (exact) mass is 446 g/mol. The van der Waals surface area contributed by atoms with Crippen molar-refractivity contribution >= 4 is 16.6 Å². The number of hydrogen-bond donors (Lipinski definition) is 0. The Bertz CT molecular complexity index is 795. The van der Waals surface area contributed by atoms with Crippen molar-refractivity contribution in [2.75, 3.05) is 7.11 Å². The van der Waals surface area contributed by atoms with Crippen molar-refractivity contribution in [1.29, 1.82) is 0 Å². The molecule has 2 fully saturated rings. The number of aryl methyl sites for hydroxylation is 1. The second kappa shape index (κ2) is 7.66. The zero-order valence-electron chi connectivity index (χ0n) is 20.4. The Labute approximate surface area is 186 Å². The van der Waals surface area contributed by atoms with Crippen LogP contribution in [0.1, 0.15) is 56.1 Å². The van der Waals surface area contributed by atoms with E-state index in [4.69, 9.17) is 13.6 Å². The largest absolute Gasteiger partial charge is 0.542 e. The number of benzene rings is 1. The predicted octanol–water partition coefficient (Wildman–Crippen LogP) is 6.99. The molecule has 3 aliphatic rings. The van der Waals surface area contributed by atoms with Gasteiger partial charge in [0, 0.05) is 0 Å². The van der Waals surface area contributed by atoms with E-state index in [1.54, 1.807) is 12.7 Å². The predicted molar refractivity (Wildman–Crippen MR) is 130 cm³/mol. The van der Waals surface area contributed by atoms with Crippen molar-refractivity contribution in [2.45, 2.75) is 96.8 Å². The maximum absolute atomic E-state index is 6.73. The Balaban J connectivity index is 1.62. The molecule has 5 heteroatoms. The molecule has 0 heterocycles. The van der Waals surface area contributed by atoms with Crippen LogP contribution in [0.25, 0.3) is 0 Å². The summed E-state index contributed by atoms with van der Waals surface area (Å²) in [7, 11) is -1.40. The molecule has 1 aromatic carbocycles. The van der Waals surface area contributed by atoms with E-state index in [9.17, 15) is 0 Å². The Hall–Kier alpha value is -0.786. The second-order valence-electron chi connectivity index (χ2n) is 12.2. The first-order valence-electron chi connectivity index (χ1n) is 12.0. The van der Waals surface area contributed by atoms with E-state index in [1.165, 1.54) is 44.1 Å². The lowest BCUT2D eigenvalue weighted by molar-refractivity contribution is -0.0141. The molecular formula is C25H42O3Si2. The van der Waals surface area contributed by atoms with Gasteiger partial charge in [0.15, 0.2) is 14.1 Å². The first-order valence-corrected chi connectivity index (χ1v) is 18.8. The fourth-order valence-corrected chi connectivity index (χ4v) is 8.78. The Morgan fingerprint density at radius 2 is 1.63 bits per heavy atom. The summed E-state index contributed by atoms with van der Waals surface area (Å²) in [6.45, 7) is 16.3. The van der Waals surface area contributed by atoms with Gasteiger partial charge in [-0.2, -0.15) is 0 Å². The van der Waals surface area contributed by atoms with Crippen LogP contribution in [-0.2, 0) is 10.8 Å². The van der Waals surface area contributed by atoms with Crippen molar-refractivity contribution in [2.24, 2.45) is 17.3 Å². The quantitative estimate of drug-likeness (QED) is 0.456. The molecule has 0 aliphatic heterocycles. The van der Waals surface area contributed by atoms with E-state index in [1.807, 2.05) is 0 Å². The molecule has 0 aromatic heterocycles. The van der Waals surface area contributed by atoms with Crippen LogP contribution in [0.3, 0.4) is 0 Å². The fraction of sp³-hybridized carbons (Fsp3) is 0.760. The lowest BCUT2D eigenvalue weighted by atomic mass is 9.55. The van der Waals surface area contributed by atoms with Gasteiger partial charge in [-0.25, -0.2) is 0 Å². The molecule has 1 aromatic rings. The van der Waals surface area contributed by atoms with Crippen LogP contribution in [0.2, 0.25) is 39.3 Å². The molecule has 1 unspecified atom stereocenters. The molecule has 0 saturated heterocycles. The van der Waals surface area contributed by atoms with E-state index in [0.717, 1.165) is 23.3 Å². The van der Waals surface area contributed by atoms with Gasteiger partial charge in [-0.1, -0.05) is 6.92 Å². The van der Waals surface area contributed by atoms with Gasteiger partial charge in [0.05, 0.1) is 13.2 Å². The van der Waals surface area contributed by atoms with Gasteiger partial charge in [0.25, 0.3) is 0 Å². The molecule has 0 spiro atoms. The van der Waals surface area contributed by atoms with Gasteiger partial charge in [-0.05, 0) is 124 Å². The van der Waals surface area contributed by atoms with Crippen molar-refractivity contribution in [1.82, 2.24) is 0 Å². The zero-order chi connectivity index (χ0) is 21.9. The minimum atomic E-state index is -1.67. The fourth-order valence-electron chi connectivity index (χ4n) is 6.72. The van der Waals surface area contributed by atoms with Gasteiger partial charge < -0.3 is 13.6 Å². The number of rotatable bonds is 5. The van der Waals surface area contributed by atoms with Crippen LogP contribution in [0.4, 0.5) is 0 Å². The van der Waals surface area contributed by atoms with Crippen molar-refractivity contribution in [3.8, 4) is 11.5 Å². The third-order valence-corrected chi connectivity index (χ3v) is 9.66. The smallest absolute Gasteiger partial charge is 0.242 e. The minimum absolute atomic E-state index is 0.365. The average molecular weight is 447 g/mol. The summed E-state index contributed by atoms with van der Waals surface area (Å²) in [6.07, 6.45) is 8.14. The molecule has 168 valence electrons. The Morgan fingerprint density at radius 3 is 2.27 bits per heavy atom. The lowest BCUT2D eigenvalue weighted by Gasteiger charge is -2.51. The average Bonchev–Trinajstić information content (AvgIpc) is 2.94. The number of ether oxygens (including phenoxy) is 1. The maximum Gasteiger partial charge on any atom is 0.242 e. The Kier molecular flexibility index (Phi) is 5.72. The van der Waals surface area contributed by atoms with Crippen LogP contribution in [0, 0.1) is 17.3 Å². The van der Waals surface area contributed by atoms with Gasteiger partial charge in [-0.15, -0.1) is 0 Å². The summed E-state index contributed by atoms with van der Waals surface area (Å²) in [4.78, 5) is 0. The number of hydrogen-bond acceptors (Lipinski definition) is 3.